The van der Waals surface area contributed by atoms with E-state index in [-0.39, 0.29) is 0 Å². The first-order valence-electron chi connectivity index (χ1n) is 6.05. The third-order valence-electron chi connectivity index (χ3n) is 2.05. The van der Waals surface area contributed by atoms with Crippen LogP contribution in [0.3, 0.4) is 0 Å². The van der Waals surface area contributed by atoms with Gasteiger partial charge in [-0.25, -0.2) is 0 Å². The smallest absolute Gasteiger partial charge is 0.0489 e. The van der Waals surface area contributed by atoms with E-state index in [0.717, 1.165) is 32.7 Å². The van der Waals surface area contributed by atoms with Crippen LogP contribution in [0.25, 0.3) is 0 Å². The van der Waals surface area contributed by atoms with Gasteiger partial charge in [0.2, 0.25) is 0 Å². The lowest BCUT2D eigenvalue weighted by Crippen LogP contribution is -2.18. The van der Waals surface area contributed by atoms with E-state index in [0.29, 0.717) is 5.92 Å². The monoisotopic (exact) mass is 201 g/mol. The van der Waals surface area contributed by atoms with Crippen LogP contribution >= 0.6 is 0 Å². The average molecular weight is 201 g/mol. The van der Waals surface area contributed by atoms with Crippen LogP contribution in [0.2, 0.25) is 0 Å². The fraction of sp³-hybridized carbons (Fsp3) is 1.00. The van der Waals surface area contributed by atoms with Crippen LogP contribution in [-0.2, 0) is 4.74 Å². The third-order valence-corrected chi connectivity index (χ3v) is 2.05. The molecule has 0 radical (unpaired) electrons. The number of unbranched alkanes of at least 4 members (excludes halogenated alkanes) is 2. The summed E-state index contributed by atoms with van der Waals surface area (Å²) in [6, 6.07) is 0. The maximum absolute atomic E-state index is 5.48. The molecular weight excluding hydrogens is 174 g/mol. The highest BCUT2D eigenvalue weighted by Crippen LogP contribution is 1.93. The van der Waals surface area contributed by atoms with Crippen LogP contribution < -0.4 is 5.32 Å². The molecule has 0 aliphatic carbocycles. The van der Waals surface area contributed by atoms with Gasteiger partial charge in [0.1, 0.15) is 0 Å². The SMILES string of the molecule is CCCCCNCCCOCC(C)C. The Labute approximate surface area is 89.4 Å². The van der Waals surface area contributed by atoms with E-state index in [1.807, 2.05) is 0 Å². The number of rotatable bonds is 10. The predicted octanol–water partition coefficient (Wildman–Crippen LogP) is 2.83. The van der Waals surface area contributed by atoms with Crippen LogP contribution in [0.15, 0.2) is 0 Å². The highest BCUT2D eigenvalue weighted by atomic mass is 16.5. The fourth-order valence-electron chi connectivity index (χ4n) is 1.24. The van der Waals surface area contributed by atoms with Gasteiger partial charge in [-0.15, -0.1) is 0 Å². The van der Waals surface area contributed by atoms with Crippen LogP contribution in [0.1, 0.15) is 46.5 Å². The van der Waals surface area contributed by atoms with Crippen LogP contribution in [-0.4, -0.2) is 26.3 Å². The van der Waals surface area contributed by atoms with Gasteiger partial charge in [0, 0.05) is 13.2 Å². The molecule has 0 saturated heterocycles. The van der Waals surface area contributed by atoms with Crippen molar-refractivity contribution in [3.05, 3.63) is 0 Å². The minimum Gasteiger partial charge on any atom is -0.381 e. The number of nitrogens with one attached hydrogen (secondary N) is 1. The summed E-state index contributed by atoms with van der Waals surface area (Å²) < 4.78 is 5.48. The lowest BCUT2D eigenvalue weighted by atomic mass is 10.2. The molecule has 0 aliphatic rings. The summed E-state index contributed by atoms with van der Waals surface area (Å²) >= 11 is 0. The Morgan fingerprint density at radius 3 is 2.43 bits per heavy atom. The van der Waals surface area contributed by atoms with E-state index in [1.165, 1.54) is 19.3 Å². The second kappa shape index (κ2) is 11.0. The molecule has 0 unspecified atom stereocenters. The minimum atomic E-state index is 0.660. The molecule has 0 fully saturated rings. The summed E-state index contributed by atoms with van der Waals surface area (Å²) in [5.41, 5.74) is 0. The van der Waals surface area contributed by atoms with Crippen molar-refractivity contribution in [3.63, 3.8) is 0 Å². The summed E-state index contributed by atoms with van der Waals surface area (Å²) in [5.74, 6) is 0.660. The van der Waals surface area contributed by atoms with Gasteiger partial charge in [0.05, 0.1) is 0 Å². The summed E-state index contributed by atoms with van der Waals surface area (Å²) in [6.45, 7) is 10.7. The number of hydrogen-bond acceptors (Lipinski definition) is 2. The molecule has 0 spiro atoms. The van der Waals surface area contributed by atoms with Crippen molar-refractivity contribution in [1.29, 1.82) is 0 Å². The molecule has 2 nitrogen and oxygen atoms in total. The quantitative estimate of drug-likeness (QED) is 0.549. The minimum absolute atomic E-state index is 0.660. The predicted molar refractivity (Wildman–Crippen MR) is 62.7 cm³/mol. The molecule has 0 aromatic carbocycles. The molecule has 86 valence electrons. The molecule has 0 rings (SSSR count). The average Bonchev–Trinajstić information content (AvgIpc) is 2.15. The highest BCUT2D eigenvalue weighted by Gasteiger charge is 1.93. The van der Waals surface area contributed by atoms with Gasteiger partial charge in [-0.1, -0.05) is 33.6 Å². The molecule has 0 saturated carbocycles. The highest BCUT2D eigenvalue weighted by molar-refractivity contribution is 4.48. The lowest BCUT2D eigenvalue weighted by Gasteiger charge is -2.07. The molecular formula is C12H27NO. The van der Waals surface area contributed by atoms with Crippen LogP contribution in [0.4, 0.5) is 0 Å². The largest absolute Gasteiger partial charge is 0.381 e. The first-order chi connectivity index (χ1) is 6.77. The van der Waals surface area contributed by atoms with Gasteiger partial charge in [-0.05, 0) is 31.8 Å². The molecule has 0 aromatic rings. The molecule has 0 heterocycles. The Kier molecular flexibility index (Phi) is 10.9. The van der Waals surface area contributed by atoms with E-state index in [4.69, 9.17) is 4.74 Å². The van der Waals surface area contributed by atoms with Crippen molar-refractivity contribution in [2.24, 2.45) is 5.92 Å². The molecule has 0 amide bonds. The van der Waals surface area contributed by atoms with E-state index in [2.05, 4.69) is 26.1 Å². The zero-order valence-electron chi connectivity index (χ0n) is 10.1. The van der Waals surface area contributed by atoms with E-state index in [1.54, 1.807) is 0 Å². The molecule has 2 heteroatoms. The van der Waals surface area contributed by atoms with Gasteiger partial charge >= 0.3 is 0 Å². The van der Waals surface area contributed by atoms with E-state index >= 15 is 0 Å². The summed E-state index contributed by atoms with van der Waals surface area (Å²) in [6.07, 6.45) is 5.10. The summed E-state index contributed by atoms with van der Waals surface area (Å²) in [7, 11) is 0. The zero-order chi connectivity index (χ0) is 10.6. The normalized spacial score (nSPS) is 11.1. The maximum Gasteiger partial charge on any atom is 0.0489 e. The van der Waals surface area contributed by atoms with E-state index in [9.17, 15) is 0 Å². The standard InChI is InChI=1S/C12H27NO/c1-4-5-6-8-13-9-7-10-14-11-12(2)3/h12-13H,4-11H2,1-3H3. The van der Waals surface area contributed by atoms with Gasteiger partial charge in [0.25, 0.3) is 0 Å². The van der Waals surface area contributed by atoms with Gasteiger partial charge < -0.3 is 10.1 Å². The number of hydrogen-bond donors (Lipinski definition) is 1. The molecule has 0 atom stereocenters. The van der Waals surface area contributed by atoms with Gasteiger partial charge in [-0.2, -0.15) is 0 Å². The molecule has 14 heavy (non-hydrogen) atoms. The van der Waals surface area contributed by atoms with Gasteiger partial charge in [-0.3, -0.25) is 0 Å². The lowest BCUT2D eigenvalue weighted by molar-refractivity contribution is 0.108. The first-order valence-corrected chi connectivity index (χ1v) is 6.05. The Morgan fingerprint density at radius 1 is 1.07 bits per heavy atom. The second-order valence-corrected chi connectivity index (χ2v) is 4.28. The van der Waals surface area contributed by atoms with Crippen molar-refractivity contribution in [3.8, 4) is 0 Å². The van der Waals surface area contributed by atoms with Crippen molar-refractivity contribution < 1.29 is 4.74 Å². The Morgan fingerprint density at radius 2 is 1.79 bits per heavy atom. The summed E-state index contributed by atoms with van der Waals surface area (Å²) in [5, 5.41) is 3.43. The fourth-order valence-corrected chi connectivity index (χ4v) is 1.24. The Hall–Kier alpha value is -0.0800. The van der Waals surface area contributed by atoms with Crippen molar-refractivity contribution in [2.75, 3.05) is 26.3 Å². The number of ether oxygens (including phenoxy) is 1. The molecule has 0 aromatic heterocycles. The molecule has 1 N–H and O–H groups in total. The second-order valence-electron chi connectivity index (χ2n) is 4.28. The third kappa shape index (κ3) is 11.9. The van der Waals surface area contributed by atoms with E-state index < -0.39 is 0 Å². The van der Waals surface area contributed by atoms with Crippen molar-refractivity contribution in [2.45, 2.75) is 46.5 Å². The zero-order valence-corrected chi connectivity index (χ0v) is 10.1. The van der Waals surface area contributed by atoms with Crippen LogP contribution in [0, 0.1) is 5.92 Å². The Bertz CT molecular complexity index is 104. The first kappa shape index (κ1) is 13.9. The van der Waals surface area contributed by atoms with Gasteiger partial charge in [0.15, 0.2) is 0 Å². The van der Waals surface area contributed by atoms with Crippen molar-refractivity contribution in [1.82, 2.24) is 5.32 Å². The van der Waals surface area contributed by atoms with Crippen molar-refractivity contribution >= 4 is 0 Å². The topological polar surface area (TPSA) is 21.3 Å². The summed E-state index contributed by atoms with van der Waals surface area (Å²) in [4.78, 5) is 0. The van der Waals surface area contributed by atoms with Crippen LogP contribution in [0.5, 0.6) is 0 Å². The Balaban J connectivity index is 2.85. The molecule has 0 aliphatic heterocycles. The molecule has 0 bridgehead atoms. The maximum atomic E-state index is 5.48.